The maximum absolute atomic E-state index is 5.31. The SMILES string of the molecule is COc1c(C)cc(C)c(C)c1C.COc1c(C)cc(C)cc1C. The number of rotatable bonds is 2. The van der Waals surface area contributed by atoms with Crippen molar-refractivity contribution in [3.05, 3.63) is 57.1 Å². The van der Waals surface area contributed by atoms with Crippen molar-refractivity contribution >= 4 is 0 Å². The van der Waals surface area contributed by atoms with Crippen molar-refractivity contribution in [1.82, 2.24) is 0 Å². The summed E-state index contributed by atoms with van der Waals surface area (Å²) >= 11 is 0. The maximum Gasteiger partial charge on any atom is 0.124 e. The number of methoxy groups -OCH3 is 2. The third-order valence-electron chi connectivity index (χ3n) is 4.30. The Morgan fingerprint density at radius 3 is 1.39 bits per heavy atom. The molecule has 0 amide bonds. The molecule has 0 spiro atoms. The topological polar surface area (TPSA) is 18.5 Å². The van der Waals surface area contributed by atoms with Gasteiger partial charge < -0.3 is 9.47 Å². The fraction of sp³-hybridized carbons (Fsp3) is 0.429. The first kappa shape index (κ1) is 19.1. The zero-order valence-corrected chi connectivity index (χ0v) is 16.0. The van der Waals surface area contributed by atoms with Gasteiger partial charge in [-0.15, -0.1) is 0 Å². The first-order chi connectivity index (χ1) is 10.7. The molecule has 0 atom stereocenters. The van der Waals surface area contributed by atoms with Crippen LogP contribution in [0.3, 0.4) is 0 Å². The molecule has 2 aromatic carbocycles. The quantitative estimate of drug-likeness (QED) is 0.723. The van der Waals surface area contributed by atoms with Crippen LogP contribution in [0.5, 0.6) is 11.5 Å². The van der Waals surface area contributed by atoms with Crippen molar-refractivity contribution in [2.75, 3.05) is 14.2 Å². The second-order valence-electron chi connectivity index (χ2n) is 6.23. The normalized spacial score (nSPS) is 9.96. The van der Waals surface area contributed by atoms with Crippen LogP contribution in [0, 0.1) is 48.5 Å². The minimum Gasteiger partial charge on any atom is -0.496 e. The standard InChI is InChI=1S/C11H16O.C10H14O/c1-7-6-8(2)11(12-5)10(4)9(7)3;1-7-5-8(2)10(11-4)9(3)6-7/h6H,1-5H3;5-6H,1-4H3. The van der Waals surface area contributed by atoms with Gasteiger partial charge in [0.25, 0.3) is 0 Å². The van der Waals surface area contributed by atoms with Gasteiger partial charge in [-0.1, -0.05) is 23.8 Å². The number of ether oxygens (including phenoxy) is 2. The van der Waals surface area contributed by atoms with Crippen LogP contribution in [0.2, 0.25) is 0 Å². The van der Waals surface area contributed by atoms with Gasteiger partial charge in [0.05, 0.1) is 14.2 Å². The molecule has 0 bridgehead atoms. The van der Waals surface area contributed by atoms with Gasteiger partial charge in [0.15, 0.2) is 0 Å². The lowest BCUT2D eigenvalue weighted by Crippen LogP contribution is -1.95. The maximum atomic E-state index is 5.31. The molecule has 0 fully saturated rings. The molecule has 0 aromatic heterocycles. The van der Waals surface area contributed by atoms with E-state index in [4.69, 9.17) is 9.47 Å². The highest BCUT2D eigenvalue weighted by Gasteiger charge is 2.07. The summed E-state index contributed by atoms with van der Waals surface area (Å²) in [5.41, 5.74) is 8.87. The van der Waals surface area contributed by atoms with Crippen LogP contribution in [-0.4, -0.2) is 14.2 Å². The fourth-order valence-electron chi connectivity index (χ4n) is 3.06. The van der Waals surface area contributed by atoms with E-state index < -0.39 is 0 Å². The van der Waals surface area contributed by atoms with E-state index in [1.54, 1.807) is 14.2 Å². The van der Waals surface area contributed by atoms with Crippen LogP contribution in [-0.2, 0) is 0 Å². The minimum absolute atomic E-state index is 1.01. The summed E-state index contributed by atoms with van der Waals surface area (Å²) in [4.78, 5) is 0. The van der Waals surface area contributed by atoms with E-state index in [0.29, 0.717) is 0 Å². The molecule has 23 heavy (non-hydrogen) atoms. The summed E-state index contributed by atoms with van der Waals surface area (Å²) in [6.45, 7) is 14.7. The Morgan fingerprint density at radius 1 is 0.522 bits per heavy atom. The van der Waals surface area contributed by atoms with Gasteiger partial charge in [0.2, 0.25) is 0 Å². The third kappa shape index (κ3) is 4.51. The average molecular weight is 314 g/mol. The first-order valence-electron chi connectivity index (χ1n) is 7.96. The highest BCUT2D eigenvalue weighted by atomic mass is 16.5. The van der Waals surface area contributed by atoms with E-state index in [1.165, 1.54) is 38.9 Å². The van der Waals surface area contributed by atoms with E-state index in [0.717, 1.165) is 11.5 Å². The Bertz CT molecular complexity index is 662. The smallest absolute Gasteiger partial charge is 0.124 e. The van der Waals surface area contributed by atoms with Crippen LogP contribution in [0.4, 0.5) is 0 Å². The molecule has 0 heterocycles. The highest BCUT2D eigenvalue weighted by Crippen LogP contribution is 2.27. The van der Waals surface area contributed by atoms with Crippen LogP contribution < -0.4 is 9.47 Å². The lowest BCUT2D eigenvalue weighted by atomic mass is 10.00. The molecule has 0 aliphatic rings. The van der Waals surface area contributed by atoms with Gasteiger partial charge in [0.1, 0.15) is 11.5 Å². The van der Waals surface area contributed by atoms with Gasteiger partial charge in [0, 0.05) is 0 Å². The van der Waals surface area contributed by atoms with Gasteiger partial charge in [-0.25, -0.2) is 0 Å². The van der Waals surface area contributed by atoms with E-state index in [9.17, 15) is 0 Å². The van der Waals surface area contributed by atoms with Crippen molar-refractivity contribution in [2.24, 2.45) is 0 Å². The summed E-state index contributed by atoms with van der Waals surface area (Å²) in [5, 5.41) is 0. The summed E-state index contributed by atoms with van der Waals surface area (Å²) in [6.07, 6.45) is 0. The molecule has 126 valence electrons. The second-order valence-corrected chi connectivity index (χ2v) is 6.23. The van der Waals surface area contributed by atoms with Crippen LogP contribution in [0.15, 0.2) is 18.2 Å². The van der Waals surface area contributed by atoms with E-state index in [-0.39, 0.29) is 0 Å². The van der Waals surface area contributed by atoms with E-state index >= 15 is 0 Å². The Morgan fingerprint density at radius 2 is 0.957 bits per heavy atom. The molecular formula is C21H30O2. The Labute approximate surface area is 141 Å². The highest BCUT2D eigenvalue weighted by molar-refractivity contribution is 5.48. The molecule has 2 aromatic rings. The molecule has 0 unspecified atom stereocenters. The second kappa shape index (κ2) is 8.05. The average Bonchev–Trinajstić information content (AvgIpc) is 2.45. The Kier molecular flexibility index (Phi) is 6.68. The van der Waals surface area contributed by atoms with E-state index in [2.05, 4.69) is 66.7 Å². The predicted octanol–water partition coefficient (Wildman–Crippen LogP) is 5.55. The molecule has 2 rings (SSSR count). The lowest BCUT2D eigenvalue weighted by molar-refractivity contribution is 0.408. The van der Waals surface area contributed by atoms with Crippen LogP contribution in [0.25, 0.3) is 0 Å². The molecule has 0 saturated heterocycles. The molecule has 0 radical (unpaired) electrons. The largest absolute Gasteiger partial charge is 0.496 e. The van der Waals surface area contributed by atoms with Crippen molar-refractivity contribution in [1.29, 1.82) is 0 Å². The predicted molar refractivity (Wildman–Crippen MR) is 99.1 cm³/mol. The number of hydrogen-bond donors (Lipinski definition) is 0. The zero-order chi connectivity index (χ0) is 17.7. The Balaban J connectivity index is 0.000000231. The van der Waals surface area contributed by atoms with Gasteiger partial charge in [-0.05, 0) is 81.8 Å². The summed E-state index contributed by atoms with van der Waals surface area (Å²) in [5.74, 6) is 2.04. The lowest BCUT2D eigenvalue weighted by Gasteiger charge is -2.12. The summed E-state index contributed by atoms with van der Waals surface area (Å²) in [7, 11) is 3.44. The summed E-state index contributed by atoms with van der Waals surface area (Å²) < 4.78 is 10.5. The number of hydrogen-bond acceptors (Lipinski definition) is 2. The van der Waals surface area contributed by atoms with Crippen molar-refractivity contribution in [3.63, 3.8) is 0 Å². The molecule has 0 saturated carbocycles. The van der Waals surface area contributed by atoms with Gasteiger partial charge >= 0.3 is 0 Å². The molecular weight excluding hydrogens is 284 g/mol. The molecule has 2 heteroatoms. The van der Waals surface area contributed by atoms with Crippen molar-refractivity contribution in [2.45, 2.75) is 48.5 Å². The molecule has 2 nitrogen and oxygen atoms in total. The third-order valence-corrected chi connectivity index (χ3v) is 4.30. The summed E-state index contributed by atoms with van der Waals surface area (Å²) in [6, 6.07) is 6.43. The van der Waals surface area contributed by atoms with Crippen molar-refractivity contribution < 1.29 is 9.47 Å². The Hall–Kier alpha value is -1.96. The first-order valence-corrected chi connectivity index (χ1v) is 7.96. The van der Waals surface area contributed by atoms with Crippen LogP contribution >= 0.6 is 0 Å². The fourth-order valence-corrected chi connectivity index (χ4v) is 3.06. The van der Waals surface area contributed by atoms with Gasteiger partial charge in [-0.3, -0.25) is 0 Å². The number of benzene rings is 2. The number of aryl methyl sites for hydroxylation is 5. The molecule has 0 aliphatic heterocycles. The zero-order valence-electron chi connectivity index (χ0n) is 16.0. The molecule has 0 aliphatic carbocycles. The minimum atomic E-state index is 1.01. The van der Waals surface area contributed by atoms with Gasteiger partial charge in [-0.2, -0.15) is 0 Å². The molecule has 0 N–H and O–H groups in total. The van der Waals surface area contributed by atoms with Crippen LogP contribution in [0.1, 0.15) is 38.9 Å². The van der Waals surface area contributed by atoms with E-state index in [1.807, 2.05) is 0 Å². The van der Waals surface area contributed by atoms with Crippen molar-refractivity contribution in [3.8, 4) is 11.5 Å². The monoisotopic (exact) mass is 314 g/mol.